The Morgan fingerprint density at radius 3 is 2.79 bits per heavy atom. The molecular weight excluding hydrogens is 249 g/mol. The summed E-state index contributed by atoms with van der Waals surface area (Å²) >= 11 is 0. The molecule has 0 saturated carbocycles. The van der Waals surface area contributed by atoms with Gasteiger partial charge in [-0.15, -0.1) is 0 Å². The average Bonchev–Trinajstić information content (AvgIpc) is 2.27. The summed E-state index contributed by atoms with van der Waals surface area (Å²) in [5, 5.41) is 11.7. The molecule has 0 spiro atoms. The Morgan fingerprint density at radius 1 is 1.47 bits per heavy atom. The third-order valence-corrected chi connectivity index (χ3v) is 2.07. The lowest BCUT2D eigenvalue weighted by Gasteiger charge is -2.19. The maximum absolute atomic E-state index is 13.4. The van der Waals surface area contributed by atoms with E-state index in [2.05, 4.69) is 5.32 Å². The summed E-state index contributed by atoms with van der Waals surface area (Å²) in [6, 6.07) is 4.34. The summed E-state index contributed by atoms with van der Waals surface area (Å²) in [4.78, 5) is 11.3. The first-order valence-electron chi connectivity index (χ1n) is 5.90. The molecule has 1 aromatic rings. The van der Waals surface area contributed by atoms with Gasteiger partial charge >= 0.3 is 6.09 Å². The van der Waals surface area contributed by atoms with E-state index in [9.17, 15) is 14.3 Å². The van der Waals surface area contributed by atoms with Crippen molar-refractivity contribution in [3.8, 4) is 5.75 Å². The van der Waals surface area contributed by atoms with E-state index in [0.717, 1.165) is 0 Å². The zero-order valence-electron chi connectivity index (χ0n) is 11.2. The van der Waals surface area contributed by atoms with Crippen LogP contribution in [0, 0.1) is 5.82 Å². The highest BCUT2D eigenvalue weighted by molar-refractivity contribution is 5.68. The van der Waals surface area contributed by atoms with Gasteiger partial charge in [0.05, 0.1) is 0 Å². The third-order valence-electron chi connectivity index (χ3n) is 2.07. The van der Waals surface area contributed by atoms with Crippen molar-refractivity contribution in [1.82, 2.24) is 5.32 Å². The number of carbonyl (C=O) groups excluding carboxylic acids is 1. The third kappa shape index (κ3) is 5.42. The zero-order chi connectivity index (χ0) is 14.5. The number of phenols is 1. The maximum atomic E-state index is 13.4. The number of halogens is 1. The van der Waals surface area contributed by atoms with Crippen LogP contribution in [0.1, 0.15) is 26.3 Å². The molecule has 0 aliphatic heterocycles. The summed E-state index contributed by atoms with van der Waals surface area (Å²) in [6.07, 6.45) is 2.52. The molecule has 5 heteroatoms. The molecule has 19 heavy (non-hydrogen) atoms. The number of ether oxygens (including phenoxy) is 1. The van der Waals surface area contributed by atoms with Gasteiger partial charge in [0.25, 0.3) is 0 Å². The largest absolute Gasteiger partial charge is 0.505 e. The fraction of sp³-hybridized carbons (Fsp3) is 0.357. The molecular formula is C14H18FNO3. The van der Waals surface area contributed by atoms with Crippen LogP contribution in [0.2, 0.25) is 0 Å². The van der Waals surface area contributed by atoms with Crippen LogP contribution < -0.4 is 5.32 Å². The molecule has 0 heterocycles. The van der Waals surface area contributed by atoms with Crippen molar-refractivity contribution in [1.29, 1.82) is 0 Å². The molecule has 0 aromatic heterocycles. The summed E-state index contributed by atoms with van der Waals surface area (Å²) in [5.74, 6) is -1.08. The monoisotopic (exact) mass is 267 g/mol. The fourth-order valence-electron chi connectivity index (χ4n) is 1.31. The van der Waals surface area contributed by atoms with Crippen LogP contribution >= 0.6 is 0 Å². The molecule has 0 unspecified atom stereocenters. The molecule has 104 valence electrons. The van der Waals surface area contributed by atoms with Crippen molar-refractivity contribution in [2.24, 2.45) is 0 Å². The maximum Gasteiger partial charge on any atom is 0.407 e. The summed E-state index contributed by atoms with van der Waals surface area (Å²) in [6.45, 7) is 5.52. The van der Waals surface area contributed by atoms with Crippen molar-refractivity contribution < 1.29 is 19.0 Å². The number of hydrogen-bond acceptors (Lipinski definition) is 3. The number of hydrogen-bond donors (Lipinski definition) is 2. The molecule has 0 radical (unpaired) electrons. The van der Waals surface area contributed by atoms with Crippen LogP contribution in [0.3, 0.4) is 0 Å². The van der Waals surface area contributed by atoms with E-state index in [4.69, 9.17) is 4.74 Å². The Balaban J connectivity index is 2.47. The lowest BCUT2D eigenvalue weighted by molar-refractivity contribution is 0.0534. The first-order valence-corrected chi connectivity index (χ1v) is 5.90. The number of benzene rings is 1. The second kappa shape index (κ2) is 6.22. The lowest BCUT2D eigenvalue weighted by Crippen LogP contribution is -2.32. The molecule has 0 aliphatic rings. The van der Waals surface area contributed by atoms with Crippen LogP contribution in [0.4, 0.5) is 9.18 Å². The van der Waals surface area contributed by atoms with Crippen molar-refractivity contribution in [3.05, 3.63) is 35.7 Å². The quantitative estimate of drug-likeness (QED) is 0.884. The smallest absolute Gasteiger partial charge is 0.407 e. The van der Waals surface area contributed by atoms with Gasteiger partial charge < -0.3 is 15.2 Å². The molecule has 0 atom stereocenters. The predicted molar refractivity (Wildman–Crippen MR) is 71.3 cm³/mol. The number of aromatic hydroxyl groups is 1. The SMILES string of the molecule is CC(C)(C)OC(=O)NCC=Cc1cccc(O)c1F. The van der Waals surface area contributed by atoms with Gasteiger partial charge in [-0.05, 0) is 26.8 Å². The van der Waals surface area contributed by atoms with E-state index in [1.54, 1.807) is 32.9 Å². The first kappa shape index (κ1) is 15.0. The molecule has 1 aromatic carbocycles. The minimum absolute atomic E-state index is 0.212. The summed E-state index contributed by atoms with van der Waals surface area (Å²) < 4.78 is 18.4. The minimum Gasteiger partial charge on any atom is -0.505 e. The van der Waals surface area contributed by atoms with Crippen LogP contribution in [0.5, 0.6) is 5.75 Å². The number of amides is 1. The van der Waals surface area contributed by atoms with E-state index in [1.165, 1.54) is 18.2 Å². The normalized spacial score (nSPS) is 11.6. The highest BCUT2D eigenvalue weighted by Gasteiger charge is 2.14. The Labute approximate surface area is 111 Å². The molecule has 2 N–H and O–H groups in total. The average molecular weight is 267 g/mol. The predicted octanol–water partition coefficient (Wildman–Crippen LogP) is 3.07. The molecule has 0 bridgehead atoms. The molecule has 0 saturated heterocycles. The highest BCUT2D eigenvalue weighted by atomic mass is 19.1. The first-order chi connectivity index (χ1) is 8.79. The fourth-order valence-corrected chi connectivity index (χ4v) is 1.31. The highest BCUT2D eigenvalue weighted by Crippen LogP contribution is 2.19. The second-order valence-electron chi connectivity index (χ2n) is 4.97. The topological polar surface area (TPSA) is 58.6 Å². The van der Waals surface area contributed by atoms with Crippen molar-refractivity contribution >= 4 is 12.2 Å². The van der Waals surface area contributed by atoms with E-state index in [1.807, 2.05) is 0 Å². The van der Waals surface area contributed by atoms with Gasteiger partial charge in [0.2, 0.25) is 0 Å². The molecule has 0 aliphatic carbocycles. The number of carbonyl (C=O) groups is 1. The number of phenolic OH excluding ortho intramolecular Hbond substituents is 1. The van der Waals surface area contributed by atoms with Gasteiger partial charge in [-0.1, -0.05) is 24.3 Å². The van der Waals surface area contributed by atoms with Crippen molar-refractivity contribution in [3.63, 3.8) is 0 Å². The summed E-state index contributed by atoms with van der Waals surface area (Å²) in [7, 11) is 0. The van der Waals surface area contributed by atoms with Gasteiger partial charge in [-0.2, -0.15) is 0 Å². The van der Waals surface area contributed by atoms with Gasteiger partial charge in [-0.25, -0.2) is 9.18 Å². The Bertz CT molecular complexity index is 478. The number of rotatable bonds is 3. The van der Waals surface area contributed by atoms with Crippen LogP contribution in [0.15, 0.2) is 24.3 Å². The zero-order valence-corrected chi connectivity index (χ0v) is 11.2. The van der Waals surface area contributed by atoms with Gasteiger partial charge in [0.1, 0.15) is 5.60 Å². The van der Waals surface area contributed by atoms with Gasteiger partial charge in [0, 0.05) is 12.1 Å². The Morgan fingerprint density at radius 2 is 2.16 bits per heavy atom. The summed E-state index contributed by atoms with van der Waals surface area (Å²) in [5.41, 5.74) is -0.295. The van der Waals surface area contributed by atoms with Crippen LogP contribution in [-0.2, 0) is 4.74 Å². The number of alkyl carbamates (subject to hydrolysis) is 1. The Hall–Kier alpha value is -2.04. The molecule has 4 nitrogen and oxygen atoms in total. The molecule has 1 rings (SSSR count). The second-order valence-corrected chi connectivity index (χ2v) is 4.97. The van der Waals surface area contributed by atoms with E-state index < -0.39 is 23.3 Å². The van der Waals surface area contributed by atoms with Crippen LogP contribution in [-0.4, -0.2) is 23.3 Å². The van der Waals surface area contributed by atoms with Crippen molar-refractivity contribution in [2.75, 3.05) is 6.54 Å². The van der Waals surface area contributed by atoms with Gasteiger partial charge in [0.15, 0.2) is 11.6 Å². The van der Waals surface area contributed by atoms with E-state index in [-0.39, 0.29) is 12.1 Å². The molecule has 0 fully saturated rings. The lowest BCUT2D eigenvalue weighted by atomic mass is 10.2. The Kier molecular flexibility index (Phi) is 4.92. The van der Waals surface area contributed by atoms with E-state index >= 15 is 0 Å². The van der Waals surface area contributed by atoms with E-state index in [0.29, 0.717) is 0 Å². The number of nitrogens with one attached hydrogen (secondary N) is 1. The standard InChI is InChI=1S/C14H18FNO3/c1-14(2,3)19-13(18)16-9-5-7-10-6-4-8-11(17)12(10)15/h4-8,17H,9H2,1-3H3,(H,16,18). The van der Waals surface area contributed by atoms with Crippen LogP contribution in [0.25, 0.3) is 6.08 Å². The van der Waals surface area contributed by atoms with Crippen molar-refractivity contribution in [2.45, 2.75) is 26.4 Å². The van der Waals surface area contributed by atoms with Gasteiger partial charge in [-0.3, -0.25) is 0 Å². The minimum atomic E-state index is -0.684. The molecule has 1 amide bonds.